The average molecular weight is 1640 g/mol. The molecular weight excluding hydrogens is 1500 g/mol. The molecule has 0 saturated carbocycles. The van der Waals surface area contributed by atoms with Crippen LogP contribution in [0.2, 0.25) is 0 Å². The van der Waals surface area contributed by atoms with E-state index in [0.717, 1.165) is 22.5 Å². The molecule has 5 aromatic heterocycles. The van der Waals surface area contributed by atoms with E-state index in [1.54, 1.807) is 12.1 Å². The van der Waals surface area contributed by atoms with Crippen molar-refractivity contribution in [3.05, 3.63) is 381 Å². The molecule has 0 atom stereocenters. The molecule has 634 valence electrons. The first-order chi connectivity index (χ1) is 59.9. The van der Waals surface area contributed by atoms with Crippen LogP contribution in [0.3, 0.4) is 0 Å². The fourth-order valence-electron chi connectivity index (χ4n) is 18.9. The zero-order valence-corrected chi connectivity index (χ0v) is 80.8. The standard InChI is InChI=1S/2C25H30N.C24H28N.C23H26N.C22H24N/c1-15-9-10-22(18(4)11-15)24-20(6)13-21(7)25(26(24)8)23-14-17(3)16(2)12-19(23)5;1-16(2)21-12-13-23(18(4)15-21)25-20(6)14-19(5)24(26(25)7)22-11-9-8-10-17(22)3;1-15-8-10-21(17(3)12-15)23-19(5)14-20(6)24(25(23)7)22-11-9-16(2)13-18(22)4;1-15-10-11-20(18(4)12-15)22-8-7-9-23(24(22)6)21-14-17(3)16(2)13-19(21)5;1-15-9-11-19(17(3)13-15)21-7-6-8-22(23(21)5)20-12-10-16(2)14-18(20)4/h9-14H,1-8H3;8-16H,1-7H3;8-14H,1-7H3;7-14H,1-6H3;6-14H,1-5H3/q5*+1/i;;;;1D3. The zero-order valence-electron chi connectivity index (χ0n) is 83.8. The van der Waals surface area contributed by atoms with Crippen LogP contribution in [-0.2, 0) is 35.2 Å². The summed E-state index contributed by atoms with van der Waals surface area (Å²) in [5.41, 5.74) is 59.7. The summed E-state index contributed by atoms with van der Waals surface area (Å²) in [7, 11) is 10.8. The van der Waals surface area contributed by atoms with E-state index < -0.39 is 6.85 Å². The average Bonchev–Trinajstić information content (AvgIpc) is 0.768. The van der Waals surface area contributed by atoms with E-state index in [-0.39, 0.29) is 0 Å². The fraction of sp³-hybridized carbons (Fsp3) is 0.286. The number of rotatable bonds is 11. The lowest BCUT2D eigenvalue weighted by atomic mass is 9.93. The molecule has 0 unspecified atom stereocenters. The molecule has 10 aromatic carbocycles. The molecule has 0 aliphatic carbocycles. The van der Waals surface area contributed by atoms with Crippen LogP contribution in [0.4, 0.5) is 0 Å². The Labute approximate surface area is 750 Å². The molecule has 15 aromatic rings. The second-order valence-corrected chi connectivity index (χ2v) is 36.2. The molecule has 0 N–H and O–H groups in total. The van der Waals surface area contributed by atoms with Crippen molar-refractivity contribution in [3.63, 3.8) is 0 Å². The summed E-state index contributed by atoms with van der Waals surface area (Å²) in [6, 6.07) is 83.4. The third-order valence-electron chi connectivity index (χ3n) is 25.5. The molecular formula is C119H138N5+5. The maximum Gasteiger partial charge on any atom is 0.215 e. The van der Waals surface area contributed by atoms with Gasteiger partial charge in [-0.05, 0) is 360 Å². The molecule has 5 nitrogen and oxygen atoms in total. The van der Waals surface area contributed by atoms with Crippen LogP contribution >= 0.6 is 0 Å². The maximum atomic E-state index is 7.60. The molecule has 0 bridgehead atoms. The largest absolute Gasteiger partial charge is 0.215 e. The lowest BCUT2D eigenvalue weighted by Gasteiger charge is -2.15. The van der Waals surface area contributed by atoms with E-state index >= 15 is 0 Å². The quantitative estimate of drug-likeness (QED) is 0.115. The Morgan fingerprint density at radius 2 is 0.411 bits per heavy atom. The van der Waals surface area contributed by atoms with Crippen LogP contribution in [0.5, 0.6) is 0 Å². The summed E-state index contributed by atoms with van der Waals surface area (Å²) in [5, 5.41) is 0. The SMILES string of the molecule is Cc1ccc(-c2c(C)cc(C)c(-c3cc(C)c(C)cc3C)[n+]2C)c(C)c1.Cc1ccc(-c2c(C)cc(C)c(-c3ccc(C)cc3C)[n+]2C)c(C)c1.Cc1ccc(-c2cccc(-c3cc(C)c(C)cc3C)[n+]2C)c(C)c1.Cc1ccccc1-c1c(C)cc(C)c(-c2ccc(C(C)C)cc2C)[n+]1C.[2H]C([2H])([2H])c1ccc(-c2cccc(-c3ccc(C)cc3C)[n+]2C)c(C)c1. The van der Waals surface area contributed by atoms with Crippen molar-refractivity contribution in [2.45, 2.75) is 200 Å². The summed E-state index contributed by atoms with van der Waals surface area (Å²) in [6.45, 7) is 57.0. The first kappa shape index (κ1) is 88.3. The second-order valence-electron chi connectivity index (χ2n) is 36.2. The van der Waals surface area contributed by atoms with Gasteiger partial charge in [0, 0.05) is 117 Å². The molecule has 0 fully saturated rings. The molecule has 0 spiro atoms. The van der Waals surface area contributed by atoms with Gasteiger partial charge in [-0.25, -0.2) is 0 Å². The first-order valence-electron chi connectivity index (χ1n) is 45.7. The van der Waals surface area contributed by atoms with Gasteiger partial charge in [-0.1, -0.05) is 162 Å². The van der Waals surface area contributed by atoms with E-state index in [2.05, 4.69) is 450 Å². The Kier molecular flexibility index (Phi) is 27.9. The minimum atomic E-state index is -2.08. The number of benzene rings is 10. The van der Waals surface area contributed by atoms with E-state index in [9.17, 15) is 0 Å². The van der Waals surface area contributed by atoms with Gasteiger partial charge in [-0.2, -0.15) is 22.8 Å². The van der Waals surface area contributed by atoms with Crippen LogP contribution in [0.1, 0.15) is 174 Å². The van der Waals surface area contributed by atoms with Crippen LogP contribution in [0, 0.1) is 180 Å². The summed E-state index contributed by atoms with van der Waals surface area (Å²) in [4.78, 5) is 0. The Morgan fingerprint density at radius 1 is 0.177 bits per heavy atom. The Bertz CT molecular complexity index is 6620. The van der Waals surface area contributed by atoms with Gasteiger partial charge in [0.25, 0.3) is 0 Å². The van der Waals surface area contributed by atoms with Gasteiger partial charge < -0.3 is 0 Å². The van der Waals surface area contributed by atoms with Crippen molar-refractivity contribution < 1.29 is 26.9 Å². The van der Waals surface area contributed by atoms with E-state index in [0.29, 0.717) is 11.5 Å². The molecule has 0 aliphatic rings. The van der Waals surface area contributed by atoms with Crippen molar-refractivity contribution in [1.29, 1.82) is 0 Å². The molecule has 0 radical (unpaired) electrons. The molecule has 0 aliphatic heterocycles. The van der Waals surface area contributed by atoms with Gasteiger partial charge in [0.1, 0.15) is 35.2 Å². The number of pyridine rings is 5. The molecule has 124 heavy (non-hydrogen) atoms. The highest BCUT2D eigenvalue weighted by molar-refractivity contribution is 5.76. The normalized spacial score (nSPS) is 11.5. The van der Waals surface area contributed by atoms with Crippen LogP contribution in [0.25, 0.3) is 113 Å². The maximum absolute atomic E-state index is 7.60. The Morgan fingerprint density at radius 3 is 0.718 bits per heavy atom. The number of nitrogens with zero attached hydrogens (tertiary/aromatic N) is 5. The summed E-state index contributed by atoms with van der Waals surface area (Å²) in [6.07, 6.45) is 0. The smallest absolute Gasteiger partial charge is 0.194 e. The summed E-state index contributed by atoms with van der Waals surface area (Å²) in [5.74, 6) is 0.554. The van der Waals surface area contributed by atoms with Crippen molar-refractivity contribution in [2.24, 2.45) is 35.2 Å². The van der Waals surface area contributed by atoms with Crippen LogP contribution < -0.4 is 22.8 Å². The summed E-state index contributed by atoms with van der Waals surface area (Å²) >= 11 is 0. The number of hydrogen-bond donors (Lipinski definition) is 0. The zero-order chi connectivity index (χ0) is 93.0. The van der Waals surface area contributed by atoms with Gasteiger partial charge >= 0.3 is 0 Å². The van der Waals surface area contributed by atoms with Gasteiger partial charge in [0.15, 0.2) is 0 Å². The monoisotopic (exact) mass is 1640 g/mol. The summed E-state index contributed by atoms with van der Waals surface area (Å²) < 4.78 is 34.4. The molecule has 0 saturated heterocycles. The van der Waals surface area contributed by atoms with E-state index in [1.165, 1.54) is 235 Å². The highest BCUT2D eigenvalue weighted by Gasteiger charge is 2.30. The predicted octanol–water partition coefficient (Wildman–Crippen LogP) is 28.4. The number of aromatic nitrogens is 5. The highest BCUT2D eigenvalue weighted by Crippen LogP contribution is 2.38. The van der Waals surface area contributed by atoms with Crippen LogP contribution in [-0.4, -0.2) is 0 Å². The van der Waals surface area contributed by atoms with Crippen LogP contribution in [0.15, 0.2) is 231 Å². The third-order valence-corrected chi connectivity index (χ3v) is 25.5. The third kappa shape index (κ3) is 20.2. The Balaban J connectivity index is 0.000000154. The minimum absolute atomic E-state index is 0.381. The molecule has 0 amide bonds. The second kappa shape index (κ2) is 39.2. The number of hydrogen-bond acceptors (Lipinski definition) is 0. The van der Waals surface area contributed by atoms with Gasteiger partial charge in [-0.15, -0.1) is 0 Å². The van der Waals surface area contributed by atoms with Crippen molar-refractivity contribution >= 4 is 0 Å². The molecule has 5 heterocycles. The highest BCUT2D eigenvalue weighted by atomic mass is 15.0. The minimum Gasteiger partial charge on any atom is -0.194 e. The molecule has 15 rings (SSSR count). The first-order valence-corrected chi connectivity index (χ1v) is 44.2. The van der Waals surface area contributed by atoms with Crippen molar-refractivity contribution in [1.82, 2.24) is 0 Å². The van der Waals surface area contributed by atoms with Crippen molar-refractivity contribution in [3.8, 4) is 113 Å². The number of aryl methyl sites for hydroxylation is 26. The van der Waals surface area contributed by atoms with Gasteiger partial charge in [0.05, 0.1) is 0 Å². The van der Waals surface area contributed by atoms with E-state index in [1.807, 2.05) is 13.0 Å². The van der Waals surface area contributed by atoms with Crippen molar-refractivity contribution in [2.75, 3.05) is 0 Å². The molecule has 5 heteroatoms. The lowest BCUT2D eigenvalue weighted by molar-refractivity contribution is -0.650. The van der Waals surface area contributed by atoms with Gasteiger partial charge in [-0.3, -0.25) is 0 Å². The predicted molar refractivity (Wildman–Crippen MR) is 530 cm³/mol. The fourth-order valence-corrected chi connectivity index (χ4v) is 18.9. The topological polar surface area (TPSA) is 19.4 Å². The van der Waals surface area contributed by atoms with Gasteiger partial charge in [0.2, 0.25) is 56.9 Å². The van der Waals surface area contributed by atoms with E-state index in [4.69, 9.17) is 4.11 Å². The lowest BCUT2D eigenvalue weighted by Crippen LogP contribution is -2.36. The Hall–Kier alpha value is -12.1.